The van der Waals surface area contributed by atoms with Crippen molar-refractivity contribution in [3.63, 3.8) is 0 Å². The average Bonchev–Trinajstić information content (AvgIpc) is 3.35. The number of rotatable bonds is 9. The highest BCUT2D eigenvalue weighted by Crippen LogP contribution is 2.50. The Morgan fingerprint density at radius 2 is 1.63 bits per heavy atom. The predicted octanol–water partition coefficient (Wildman–Crippen LogP) is 4.95. The van der Waals surface area contributed by atoms with Crippen LogP contribution in [0.25, 0.3) is 0 Å². The molecule has 2 unspecified atom stereocenters. The molecule has 2 aromatic heterocycles. The third-order valence-electron chi connectivity index (χ3n) is 9.35. The molecule has 2 atom stereocenters. The van der Waals surface area contributed by atoms with Gasteiger partial charge in [0.25, 0.3) is 5.91 Å². The second-order valence-corrected chi connectivity index (χ2v) is 13.6. The van der Waals surface area contributed by atoms with Crippen LogP contribution in [-0.4, -0.2) is 86.6 Å². The number of amides is 3. The molecular weight excluding hydrogens is 693 g/mol. The van der Waals surface area contributed by atoms with Crippen LogP contribution in [0.2, 0.25) is 5.02 Å². The van der Waals surface area contributed by atoms with Crippen molar-refractivity contribution in [2.24, 2.45) is 11.8 Å². The topological polar surface area (TPSA) is 156 Å². The van der Waals surface area contributed by atoms with Crippen LogP contribution < -0.4 is 15.4 Å². The number of aryl methyl sites for hydroxylation is 1. The molecule has 13 nitrogen and oxygen atoms in total. The van der Waals surface area contributed by atoms with Gasteiger partial charge >= 0.3 is 24.0 Å². The summed E-state index contributed by atoms with van der Waals surface area (Å²) < 4.78 is 48.7. The largest absolute Gasteiger partial charge is 0.454 e. The molecule has 17 heteroatoms. The lowest BCUT2D eigenvalue weighted by molar-refractivity contribution is -0.154. The van der Waals surface area contributed by atoms with Gasteiger partial charge in [0.1, 0.15) is 11.6 Å². The molecule has 4 heterocycles. The number of hydrogen-bond donors (Lipinski definition) is 2. The molecule has 1 aliphatic carbocycles. The first kappa shape index (κ1) is 34.2. The monoisotopic (exact) mass is 724 g/mol. The highest BCUT2D eigenvalue weighted by atomic mass is 35.5. The van der Waals surface area contributed by atoms with Crippen molar-refractivity contribution in [3.8, 4) is 6.01 Å². The number of benzene rings is 2. The first-order valence-corrected chi connectivity index (χ1v) is 16.6. The van der Waals surface area contributed by atoms with Crippen LogP contribution in [-0.2, 0) is 21.4 Å². The third-order valence-corrected chi connectivity index (χ3v) is 9.60. The number of aromatic nitrogens is 4. The van der Waals surface area contributed by atoms with E-state index >= 15 is 0 Å². The fourth-order valence-electron chi connectivity index (χ4n) is 6.64. The number of nitrogens with zero attached hydrogens (tertiary/aromatic N) is 6. The molecule has 51 heavy (non-hydrogen) atoms. The Morgan fingerprint density at radius 3 is 2.24 bits per heavy atom. The molecule has 3 aliphatic rings. The molecule has 2 aliphatic heterocycles. The molecule has 2 N–H and O–H groups in total. The van der Waals surface area contributed by atoms with E-state index in [4.69, 9.17) is 20.9 Å². The number of likely N-dealkylation sites (tertiary alicyclic amines) is 2. The first-order chi connectivity index (χ1) is 24.3. The Bertz CT molecular complexity index is 1940. The predicted molar refractivity (Wildman–Crippen MR) is 177 cm³/mol. The molecule has 0 radical (unpaired) electrons. The highest BCUT2D eigenvalue weighted by Gasteiger charge is 2.46. The number of alkyl halides is 3. The van der Waals surface area contributed by atoms with Gasteiger partial charge in [-0.2, -0.15) is 28.1 Å². The van der Waals surface area contributed by atoms with E-state index in [0.29, 0.717) is 54.6 Å². The minimum absolute atomic E-state index is 0.000509. The number of nitrogens with one attached hydrogen (secondary N) is 2. The van der Waals surface area contributed by atoms with Crippen LogP contribution in [0, 0.1) is 18.8 Å². The number of hydrogen-bond acceptors (Lipinski definition) is 10. The summed E-state index contributed by atoms with van der Waals surface area (Å²) in [7, 11) is 0. The quantitative estimate of drug-likeness (QED) is 0.227. The summed E-state index contributed by atoms with van der Waals surface area (Å²) in [6.07, 6.45) is -2.51. The van der Waals surface area contributed by atoms with Crippen LogP contribution in [0.4, 0.5) is 30.6 Å². The molecule has 7 rings (SSSR count). The van der Waals surface area contributed by atoms with Crippen molar-refractivity contribution < 1.29 is 36.8 Å². The maximum atomic E-state index is 13.4. The lowest BCUT2D eigenvalue weighted by atomic mass is 9.92. The number of fused-ring (bicyclic) bond motifs is 1. The van der Waals surface area contributed by atoms with E-state index < -0.39 is 30.6 Å². The molecule has 4 aromatic rings. The lowest BCUT2D eigenvalue weighted by Gasteiger charge is -2.21. The molecule has 3 fully saturated rings. The van der Waals surface area contributed by atoms with Gasteiger partial charge in [0.2, 0.25) is 5.95 Å². The van der Waals surface area contributed by atoms with Crippen LogP contribution in [0.3, 0.4) is 0 Å². The molecule has 266 valence electrons. The summed E-state index contributed by atoms with van der Waals surface area (Å²) in [4.78, 5) is 54.5. The van der Waals surface area contributed by atoms with Crippen molar-refractivity contribution in [1.29, 1.82) is 0 Å². The zero-order valence-corrected chi connectivity index (χ0v) is 28.0. The van der Waals surface area contributed by atoms with E-state index in [1.165, 1.54) is 11.0 Å². The number of anilines is 3. The summed E-state index contributed by atoms with van der Waals surface area (Å²) in [5, 5.41) is 9.72. The zero-order valence-electron chi connectivity index (χ0n) is 27.2. The Balaban J connectivity index is 0.977. The minimum Gasteiger partial charge on any atom is -0.454 e. The summed E-state index contributed by atoms with van der Waals surface area (Å²) >= 11 is 6.06. The third kappa shape index (κ3) is 7.90. The van der Waals surface area contributed by atoms with Crippen LogP contribution in [0.1, 0.15) is 40.3 Å². The SMILES string of the molecule is Cc1cc(NC(=O)C(=O)N2CC3CN(C(=O)c4ccc(Nc5nc(CC6(c7ccc(Cl)cc7)CC6)nc(OCC(F)(F)F)n5)cc4)CC3C2)no1. The smallest absolute Gasteiger partial charge is 0.422 e. The lowest BCUT2D eigenvalue weighted by Crippen LogP contribution is -2.40. The van der Waals surface area contributed by atoms with E-state index in [0.717, 1.165) is 18.4 Å². The molecule has 2 aromatic carbocycles. The molecule has 0 spiro atoms. The molecular formula is C34H32ClF3N8O5. The Hall–Kier alpha value is -5.25. The Morgan fingerprint density at radius 1 is 0.961 bits per heavy atom. The van der Waals surface area contributed by atoms with Crippen LogP contribution >= 0.6 is 11.6 Å². The number of halogens is 4. The van der Waals surface area contributed by atoms with E-state index in [2.05, 4.69) is 30.7 Å². The van der Waals surface area contributed by atoms with E-state index in [-0.39, 0.29) is 40.7 Å². The van der Waals surface area contributed by atoms with Gasteiger partial charge in [-0.15, -0.1) is 0 Å². The van der Waals surface area contributed by atoms with Gasteiger partial charge in [0.05, 0.1) is 0 Å². The van der Waals surface area contributed by atoms with Gasteiger partial charge in [-0.1, -0.05) is 28.9 Å². The fourth-order valence-corrected chi connectivity index (χ4v) is 6.77. The molecule has 1 saturated carbocycles. The van der Waals surface area contributed by atoms with Gasteiger partial charge in [0.15, 0.2) is 12.4 Å². The van der Waals surface area contributed by atoms with Crippen LogP contribution in [0.5, 0.6) is 6.01 Å². The summed E-state index contributed by atoms with van der Waals surface area (Å²) in [6.45, 7) is 1.69. The highest BCUT2D eigenvalue weighted by molar-refractivity contribution is 6.39. The second kappa shape index (κ2) is 13.5. The normalized spacial score (nSPS) is 19.1. The first-order valence-electron chi connectivity index (χ1n) is 16.2. The van der Waals surface area contributed by atoms with Gasteiger partial charge < -0.3 is 24.4 Å². The Labute approximate surface area is 294 Å². The van der Waals surface area contributed by atoms with Crippen molar-refractivity contribution in [2.45, 2.75) is 37.8 Å². The van der Waals surface area contributed by atoms with Crippen molar-refractivity contribution >= 4 is 46.8 Å². The summed E-state index contributed by atoms with van der Waals surface area (Å²) in [6, 6.07) is 15.1. The molecule has 0 bridgehead atoms. The van der Waals surface area contributed by atoms with Crippen molar-refractivity contribution in [3.05, 3.63) is 82.3 Å². The number of ether oxygens (including phenoxy) is 1. The Kier molecular flexibility index (Phi) is 9.03. The maximum Gasteiger partial charge on any atom is 0.422 e. The molecule has 2 saturated heterocycles. The zero-order chi connectivity index (χ0) is 35.9. The fraction of sp³-hybridized carbons (Fsp3) is 0.382. The van der Waals surface area contributed by atoms with Crippen LogP contribution in [0.15, 0.2) is 59.1 Å². The second-order valence-electron chi connectivity index (χ2n) is 13.1. The molecule has 3 amide bonds. The van der Waals surface area contributed by atoms with E-state index in [1.54, 1.807) is 48.2 Å². The summed E-state index contributed by atoms with van der Waals surface area (Å²) in [5.74, 6) is -0.649. The minimum atomic E-state index is -4.58. The van der Waals surface area contributed by atoms with Crippen molar-refractivity contribution in [2.75, 3.05) is 43.4 Å². The standard InChI is InChI=1S/C34H32ClF3N8O5/c1-19-12-26(44-51-19)40-28(47)30(49)46-16-21-14-45(15-22(21)17-46)29(48)20-2-8-25(9-3-20)39-31-41-27(42-32(43-31)50-18-34(36,37)38)13-33(10-11-33)23-4-6-24(35)7-5-23/h2-9,12,21-22H,10-11,13-18H2,1H3,(H,40,44,47)(H,39,41,42,43). The van der Waals surface area contributed by atoms with E-state index in [9.17, 15) is 27.6 Å². The van der Waals surface area contributed by atoms with Crippen molar-refractivity contribution in [1.82, 2.24) is 29.9 Å². The number of carbonyl (C=O) groups is 3. The number of carbonyl (C=O) groups excluding carboxylic acids is 3. The van der Waals surface area contributed by atoms with Gasteiger partial charge in [-0.3, -0.25) is 19.7 Å². The van der Waals surface area contributed by atoms with Gasteiger partial charge in [-0.05, 0) is 61.7 Å². The average molecular weight is 725 g/mol. The maximum absolute atomic E-state index is 13.4. The summed E-state index contributed by atoms with van der Waals surface area (Å²) in [5.41, 5.74) is 1.70. The van der Waals surface area contributed by atoms with Gasteiger partial charge in [-0.25, -0.2) is 0 Å². The van der Waals surface area contributed by atoms with Gasteiger partial charge in [0, 0.05) is 72.2 Å². The van der Waals surface area contributed by atoms with E-state index in [1.807, 2.05) is 12.1 Å².